The highest BCUT2D eigenvalue weighted by Crippen LogP contribution is 2.27. The van der Waals surface area contributed by atoms with Crippen LogP contribution >= 0.6 is 11.8 Å². The Balaban J connectivity index is 1.81. The molecule has 0 aliphatic carbocycles. The van der Waals surface area contributed by atoms with Gasteiger partial charge in [-0.15, -0.1) is 10.2 Å². The highest BCUT2D eigenvalue weighted by molar-refractivity contribution is 7.99. The third kappa shape index (κ3) is 5.15. The fourth-order valence-electron chi connectivity index (χ4n) is 3.45. The minimum absolute atomic E-state index is 0.0447. The Bertz CT molecular complexity index is 1120. The van der Waals surface area contributed by atoms with Crippen molar-refractivity contribution in [3.05, 3.63) is 59.2 Å². The van der Waals surface area contributed by atoms with E-state index in [0.717, 1.165) is 33.8 Å². The van der Waals surface area contributed by atoms with Gasteiger partial charge in [0.15, 0.2) is 11.0 Å². The van der Waals surface area contributed by atoms with Gasteiger partial charge in [0, 0.05) is 24.3 Å². The maximum atomic E-state index is 13.1. The predicted octanol–water partition coefficient (Wildman–Crippen LogP) is 4.93. The Morgan fingerprint density at radius 2 is 1.94 bits per heavy atom. The number of nitrogens with zero attached hydrogens (tertiary/aromatic N) is 5. The molecule has 6 nitrogen and oxygen atoms in total. The standard InChI is InChI=1S/C24H27N5OS/c1-5-28-23(20-11-6-9-17(2)15-20)26-27-24(28)31-16-22(30)29(14-8-13-25)21-12-7-10-18(3)19(21)4/h6-7,9-12,15H,5,8,14,16H2,1-4H3. The number of thioether (sulfide) groups is 1. The largest absolute Gasteiger partial charge is 0.310 e. The van der Waals surface area contributed by atoms with E-state index in [2.05, 4.69) is 22.3 Å². The molecule has 0 bridgehead atoms. The second-order valence-corrected chi connectivity index (χ2v) is 8.32. The van der Waals surface area contributed by atoms with E-state index in [9.17, 15) is 4.79 Å². The minimum atomic E-state index is -0.0447. The Morgan fingerprint density at radius 1 is 1.16 bits per heavy atom. The number of carbonyl (C=O) groups excluding carboxylic acids is 1. The van der Waals surface area contributed by atoms with Crippen LogP contribution in [-0.2, 0) is 11.3 Å². The monoisotopic (exact) mass is 433 g/mol. The van der Waals surface area contributed by atoms with Crippen LogP contribution in [0.25, 0.3) is 11.4 Å². The molecule has 0 aliphatic heterocycles. The van der Waals surface area contributed by atoms with Crippen LogP contribution in [0.3, 0.4) is 0 Å². The number of benzene rings is 2. The number of carbonyl (C=O) groups is 1. The molecule has 0 radical (unpaired) electrons. The summed E-state index contributed by atoms with van der Waals surface area (Å²) in [6.45, 7) is 9.21. The molecule has 1 aromatic heterocycles. The second-order valence-electron chi connectivity index (χ2n) is 7.38. The minimum Gasteiger partial charge on any atom is -0.310 e. The number of hydrogen-bond acceptors (Lipinski definition) is 5. The molecule has 0 saturated heterocycles. The van der Waals surface area contributed by atoms with Crippen LogP contribution in [0.15, 0.2) is 47.6 Å². The number of rotatable bonds is 8. The summed E-state index contributed by atoms with van der Waals surface area (Å²) in [4.78, 5) is 14.9. The zero-order valence-electron chi connectivity index (χ0n) is 18.4. The number of nitriles is 1. The van der Waals surface area contributed by atoms with Crippen LogP contribution < -0.4 is 4.90 Å². The topological polar surface area (TPSA) is 74.8 Å². The lowest BCUT2D eigenvalue weighted by atomic mass is 10.1. The average Bonchev–Trinajstić information content (AvgIpc) is 3.18. The van der Waals surface area contributed by atoms with Gasteiger partial charge in [0.2, 0.25) is 5.91 Å². The van der Waals surface area contributed by atoms with Crippen molar-refractivity contribution < 1.29 is 4.79 Å². The fraction of sp³-hybridized carbons (Fsp3) is 0.333. The molecule has 0 fully saturated rings. The molecular weight excluding hydrogens is 406 g/mol. The van der Waals surface area contributed by atoms with Crippen LogP contribution in [0, 0.1) is 32.1 Å². The SMILES string of the molecule is CCn1c(SCC(=O)N(CCC#N)c2cccc(C)c2C)nnc1-c1cccc(C)c1. The summed E-state index contributed by atoms with van der Waals surface area (Å²) in [6.07, 6.45) is 0.284. The van der Waals surface area contributed by atoms with E-state index in [0.29, 0.717) is 18.2 Å². The fourth-order valence-corrected chi connectivity index (χ4v) is 4.33. The first-order valence-corrected chi connectivity index (χ1v) is 11.3. The van der Waals surface area contributed by atoms with Gasteiger partial charge in [0.1, 0.15) is 0 Å². The van der Waals surface area contributed by atoms with Crippen LogP contribution in [0.2, 0.25) is 0 Å². The first kappa shape index (κ1) is 22.6. The third-order valence-electron chi connectivity index (χ3n) is 5.25. The molecule has 0 unspecified atom stereocenters. The normalized spacial score (nSPS) is 10.7. The van der Waals surface area contributed by atoms with Gasteiger partial charge in [0.05, 0.1) is 18.2 Å². The van der Waals surface area contributed by atoms with E-state index in [1.54, 1.807) is 4.90 Å². The number of anilines is 1. The molecular formula is C24H27N5OS. The van der Waals surface area contributed by atoms with E-state index in [-0.39, 0.29) is 18.1 Å². The summed E-state index contributed by atoms with van der Waals surface area (Å²) in [5, 5.41) is 18.5. The molecule has 3 rings (SSSR count). The van der Waals surface area contributed by atoms with Crippen LogP contribution in [0.1, 0.15) is 30.0 Å². The van der Waals surface area contributed by atoms with Gasteiger partial charge in [-0.2, -0.15) is 5.26 Å². The quantitative estimate of drug-likeness (QED) is 0.471. The summed E-state index contributed by atoms with van der Waals surface area (Å²) < 4.78 is 2.03. The molecule has 2 aromatic carbocycles. The number of amides is 1. The Hall–Kier alpha value is -3.11. The highest BCUT2D eigenvalue weighted by Gasteiger charge is 2.20. The zero-order chi connectivity index (χ0) is 22.4. The second kappa shape index (κ2) is 10.3. The first-order valence-electron chi connectivity index (χ1n) is 10.3. The number of aromatic nitrogens is 3. The van der Waals surface area contributed by atoms with E-state index < -0.39 is 0 Å². The molecule has 0 saturated carbocycles. The molecule has 0 N–H and O–H groups in total. The van der Waals surface area contributed by atoms with Crippen molar-refractivity contribution in [3.8, 4) is 17.5 Å². The van der Waals surface area contributed by atoms with Crippen LogP contribution in [-0.4, -0.2) is 33.0 Å². The Labute approximate surface area is 187 Å². The summed E-state index contributed by atoms with van der Waals surface area (Å²) in [5.41, 5.74) is 5.21. The molecule has 1 amide bonds. The molecule has 160 valence electrons. The summed E-state index contributed by atoms with van der Waals surface area (Å²) in [6, 6.07) is 16.2. The van der Waals surface area contributed by atoms with Gasteiger partial charge < -0.3 is 9.47 Å². The molecule has 1 heterocycles. The lowest BCUT2D eigenvalue weighted by molar-refractivity contribution is -0.116. The van der Waals surface area contributed by atoms with Crippen molar-refractivity contribution in [1.82, 2.24) is 14.8 Å². The molecule has 3 aromatic rings. The predicted molar refractivity (Wildman–Crippen MR) is 125 cm³/mol. The van der Waals surface area contributed by atoms with E-state index in [1.807, 2.05) is 68.7 Å². The van der Waals surface area contributed by atoms with Gasteiger partial charge in [-0.25, -0.2) is 0 Å². The highest BCUT2D eigenvalue weighted by atomic mass is 32.2. The number of hydrogen-bond donors (Lipinski definition) is 0. The van der Waals surface area contributed by atoms with Crippen molar-refractivity contribution in [1.29, 1.82) is 5.26 Å². The van der Waals surface area contributed by atoms with Gasteiger partial charge in [-0.05, 0) is 51.0 Å². The first-order chi connectivity index (χ1) is 15.0. The smallest absolute Gasteiger partial charge is 0.237 e. The van der Waals surface area contributed by atoms with Crippen LogP contribution in [0.4, 0.5) is 5.69 Å². The van der Waals surface area contributed by atoms with Gasteiger partial charge >= 0.3 is 0 Å². The van der Waals surface area contributed by atoms with E-state index >= 15 is 0 Å². The summed E-state index contributed by atoms with van der Waals surface area (Å²) in [5.74, 6) is 0.985. The van der Waals surface area contributed by atoms with E-state index in [1.165, 1.54) is 11.8 Å². The lowest BCUT2D eigenvalue weighted by Crippen LogP contribution is -2.34. The lowest BCUT2D eigenvalue weighted by Gasteiger charge is -2.24. The molecule has 7 heteroatoms. The molecule has 0 atom stereocenters. The zero-order valence-corrected chi connectivity index (χ0v) is 19.2. The maximum absolute atomic E-state index is 13.1. The Kier molecular flexibility index (Phi) is 7.48. The Morgan fingerprint density at radius 3 is 2.65 bits per heavy atom. The van der Waals surface area contributed by atoms with Gasteiger partial charge in [-0.1, -0.05) is 47.7 Å². The van der Waals surface area contributed by atoms with Crippen molar-refractivity contribution in [2.45, 2.75) is 45.8 Å². The summed E-state index contributed by atoms with van der Waals surface area (Å²) in [7, 11) is 0. The maximum Gasteiger partial charge on any atom is 0.237 e. The van der Waals surface area contributed by atoms with Crippen molar-refractivity contribution in [2.24, 2.45) is 0 Å². The summed E-state index contributed by atoms with van der Waals surface area (Å²) >= 11 is 1.38. The molecule has 0 aliphatic rings. The third-order valence-corrected chi connectivity index (χ3v) is 6.20. The average molecular weight is 434 g/mol. The molecule has 31 heavy (non-hydrogen) atoms. The van der Waals surface area contributed by atoms with E-state index in [4.69, 9.17) is 5.26 Å². The van der Waals surface area contributed by atoms with Crippen molar-refractivity contribution in [3.63, 3.8) is 0 Å². The van der Waals surface area contributed by atoms with Crippen molar-refractivity contribution in [2.75, 3.05) is 17.2 Å². The molecule has 0 spiro atoms. The van der Waals surface area contributed by atoms with Crippen molar-refractivity contribution >= 4 is 23.4 Å². The van der Waals surface area contributed by atoms with Crippen LogP contribution in [0.5, 0.6) is 0 Å². The van der Waals surface area contributed by atoms with Gasteiger partial charge in [-0.3, -0.25) is 4.79 Å². The van der Waals surface area contributed by atoms with Gasteiger partial charge in [0.25, 0.3) is 0 Å². The number of aryl methyl sites for hydroxylation is 2.